The number of halogens is 3. The quantitative estimate of drug-likeness (QED) is 0.695. The van der Waals surface area contributed by atoms with Gasteiger partial charge in [0.15, 0.2) is 5.29 Å². The van der Waals surface area contributed by atoms with E-state index in [1.807, 2.05) is 0 Å². The van der Waals surface area contributed by atoms with Crippen LogP contribution in [0.4, 0.5) is 4.39 Å². The molecule has 0 radical (unpaired) electrons. The van der Waals surface area contributed by atoms with Gasteiger partial charge in [-0.2, -0.15) is 4.39 Å². The molecule has 0 bridgehead atoms. The zero-order valence-electron chi connectivity index (χ0n) is 8.05. The van der Waals surface area contributed by atoms with Crippen LogP contribution in [0.1, 0.15) is 12.8 Å². The average molecular weight is 249 g/mol. The fraction of sp³-hybridized carbons (Fsp3) is 0.273. The maximum atomic E-state index is 12.1. The van der Waals surface area contributed by atoms with Crippen LogP contribution in [-0.2, 0) is 0 Å². The van der Waals surface area contributed by atoms with Crippen molar-refractivity contribution in [1.29, 1.82) is 0 Å². The third-order valence-corrected chi connectivity index (χ3v) is 2.14. The minimum atomic E-state index is -0.665. The number of rotatable bonds is 5. The third-order valence-electron chi connectivity index (χ3n) is 1.73. The van der Waals surface area contributed by atoms with Crippen molar-refractivity contribution in [3.05, 3.63) is 40.7 Å². The molecule has 0 aliphatic heterocycles. The predicted octanol–water partition coefficient (Wildman–Crippen LogP) is 4.55. The lowest BCUT2D eigenvalue weighted by molar-refractivity contribution is 0.312. The molecule has 0 aliphatic rings. The van der Waals surface area contributed by atoms with E-state index >= 15 is 0 Å². The van der Waals surface area contributed by atoms with Crippen LogP contribution in [0.2, 0.25) is 5.02 Å². The lowest BCUT2D eigenvalue weighted by Crippen LogP contribution is -1.96. The molecule has 1 aromatic rings. The van der Waals surface area contributed by atoms with E-state index in [1.165, 1.54) is 6.08 Å². The summed E-state index contributed by atoms with van der Waals surface area (Å²) in [6.07, 6.45) is 2.62. The van der Waals surface area contributed by atoms with Crippen molar-refractivity contribution < 1.29 is 9.13 Å². The molecule has 0 aliphatic carbocycles. The molecule has 0 N–H and O–H groups in total. The first-order chi connectivity index (χ1) is 7.18. The van der Waals surface area contributed by atoms with Crippen molar-refractivity contribution in [2.75, 3.05) is 6.61 Å². The van der Waals surface area contributed by atoms with Gasteiger partial charge in [-0.15, -0.1) is 0 Å². The summed E-state index contributed by atoms with van der Waals surface area (Å²) < 4.78 is 17.5. The molecule has 1 nitrogen and oxygen atoms in total. The highest BCUT2D eigenvalue weighted by atomic mass is 35.5. The Morgan fingerprint density at radius 3 is 2.60 bits per heavy atom. The van der Waals surface area contributed by atoms with E-state index < -0.39 is 5.29 Å². The van der Waals surface area contributed by atoms with Crippen molar-refractivity contribution in [2.24, 2.45) is 0 Å². The van der Waals surface area contributed by atoms with Crippen molar-refractivity contribution in [1.82, 2.24) is 0 Å². The fourth-order valence-electron chi connectivity index (χ4n) is 1.02. The molecule has 0 fully saturated rings. The molecule has 0 spiro atoms. The highest BCUT2D eigenvalue weighted by Gasteiger charge is 1.93. The molecule has 0 heterocycles. The standard InChI is InChI=1S/C11H11Cl2FO/c12-9-4-6-10(7-5-9)15-8-2-1-3-11(13)14/h3-7H,1-2,8H2. The van der Waals surface area contributed by atoms with Crippen LogP contribution < -0.4 is 4.74 Å². The van der Waals surface area contributed by atoms with E-state index in [-0.39, 0.29) is 0 Å². The van der Waals surface area contributed by atoms with Crippen LogP contribution >= 0.6 is 23.2 Å². The molecule has 1 aromatic carbocycles. The van der Waals surface area contributed by atoms with Crippen LogP contribution in [-0.4, -0.2) is 6.61 Å². The van der Waals surface area contributed by atoms with E-state index in [2.05, 4.69) is 0 Å². The lowest BCUT2D eigenvalue weighted by atomic mass is 10.3. The highest BCUT2D eigenvalue weighted by Crippen LogP contribution is 2.15. The molecule has 0 amide bonds. The van der Waals surface area contributed by atoms with E-state index in [4.69, 9.17) is 27.9 Å². The average Bonchev–Trinajstić information content (AvgIpc) is 2.20. The molecule has 0 atom stereocenters. The topological polar surface area (TPSA) is 9.23 Å². The van der Waals surface area contributed by atoms with Gasteiger partial charge < -0.3 is 4.74 Å². The summed E-state index contributed by atoms with van der Waals surface area (Å²) in [4.78, 5) is 0. The molecule has 0 unspecified atom stereocenters. The van der Waals surface area contributed by atoms with Gasteiger partial charge in [-0.25, -0.2) is 0 Å². The molecule has 82 valence electrons. The van der Waals surface area contributed by atoms with Crippen LogP contribution in [0.3, 0.4) is 0 Å². The normalized spacial score (nSPS) is 11.5. The van der Waals surface area contributed by atoms with Crippen molar-refractivity contribution in [3.63, 3.8) is 0 Å². The number of benzene rings is 1. The Morgan fingerprint density at radius 2 is 2.00 bits per heavy atom. The molecule has 15 heavy (non-hydrogen) atoms. The maximum absolute atomic E-state index is 12.1. The number of hydrogen-bond donors (Lipinski definition) is 0. The first-order valence-corrected chi connectivity index (χ1v) is 5.33. The lowest BCUT2D eigenvalue weighted by Gasteiger charge is -2.04. The zero-order chi connectivity index (χ0) is 11.1. The van der Waals surface area contributed by atoms with Crippen LogP contribution in [0, 0.1) is 0 Å². The van der Waals surface area contributed by atoms with Gasteiger partial charge in [-0.3, -0.25) is 0 Å². The molecular weight excluding hydrogens is 238 g/mol. The van der Waals surface area contributed by atoms with E-state index in [1.54, 1.807) is 24.3 Å². The van der Waals surface area contributed by atoms with Gasteiger partial charge in [0.1, 0.15) is 5.75 Å². The zero-order valence-corrected chi connectivity index (χ0v) is 9.56. The van der Waals surface area contributed by atoms with Gasteiger partial charge in [0.25, 0.3) is 0 Å². The molecule has 4 heteroatoms. The van der Waals surface area contributed by atoms with Crippen molar-refractivity contribution >= 4 is 23.2 Å². The largest absolute Gasteiger partial charge is 0.494 e. The molecule has 0 saturated carbocycles. The summed E-state index contributed by atoms with van der Waals surface area (Å²) in [7, 11) is 0. The van der Waals surface area contributed by atoms with Gasteiger partial charge >= 0.3 is 0 Å². The SMILES string of the molecule is FC(Cl)=CCCCOc1ccc(Cl)cc1. The Bertz CT molecular complexity index is 318. The number of allylic oxidation sites excluding steroid dienone is 1. The first kappa shape index (κ1) is 12.3. The van der Waals surface area contributed by atoms with Crippen molar-refractivity contribution in [3.8, 4) is 5.75 Å². The van der Waals surface area contributed by atoms with Gasteiger partial charge in [0, 0.05) is 5.02 Å². The molecule has 0 saturated heterocycles. The van der Waals surface area contributed by atoms with E-state index in [0.29, 0.717) is 18.1 Å². The summed E-state index contributed by atoms with van der Waals surface area (Å²) >= 11 is 10.7. The fourth-order valence-corrected chi connectivity index (χ4v) is 1.25. The molecular formula is C11H11Cl2FO. The number of hydrogen-bond acceptors (Lipinski definition) is 1. The second-order valence-corrected chi connectivity index (χ2v) is 3.74. The second-order valence-electron chi connectivity index (χ2n) is 2.94. The van der Waals surface area contributed by atoms with Crippen LogP contribution in [0.5, 0.6) is 5.75 Å². The third kappa shape index (κ3) is 5.65. The second kappa shape index (κ2) is 6.70. The predicted molar refractivity (Wildman–Crippen MR) is 61.2 cm³/mol. The van der Waals surface area contributed by atoms with Crippen molar-refractivity contribution in [2.45, 2.75) is 12.8 Å². The monoisotopic (exact) mass is 248 g/mol. The summed E-state index contributed by atoms with van der Waals surface area (Å²) in [6, 6.07) is 7.10. The minimum absolute atomic E-state index is 0.530. The summed E-state index contributed by atoms with van der Waals surface area (Å²) in [5, 5.41) is 0.0102. The highest BCUT2D eigenvalue weighted by molar-refractivity contribution is 6.30. The molecule has 1 rings (SSSR count). The van der Waals surface area contributed by atoms with E-state index in [9.17, 15) is 4.39 Å². The van der Waals surface area contributed by atoms with Gasteiger partial charge in [0.05, 0.1) is 6.61 Å². The number of ether oxygens (including phenoxy) is 1. The van der Waals surface area contributed by atoms with Gasteiger partial charge in [-0.1, -0.05) is 23.2 Å². The summed E-state index contributed by atoms with van der Waals surface area (Å²) in [5.74, 6) is 0.759. The van der Waals surface area contributed by atoms with Crippen LogP contribution in [0.15, 0.2) is 35.6 Å². The maximum Gasteiger partial charge on any atom is 0.185 e. The van der Waals surface area contributed by atoms with E-state index in [0.717, 1.165) is 12.2 Å². The van der Waals surface area contributed by atoms with Gasteiger partial charge in [0.2, 0.25) is 0 Å². The van der Waals surface area contributed by atoms with Gasteiger partial charge in [-0.05, 0) is 43.2 Å². The molecule has 0 aromatic heterocycles. The Hall–Kier alpha value is -0.730. The smallest absolute Gasteiger partial charge is 0.185 e. The first-order valence-electron chi connectivity index (χ1n) is 4.58. The Morgan fingerprint density at radius 1 is 1.33 bits per heavy atom. The Kier molecular flexibility index (Phi) is 5.51. The minimum Gasteiger partial charge on any atom is -0.494 e. The summed E-state index contributed by atoms with van der Waals surface area (Å²) in [6.45, 7) is 0.530. The Balaban J connectivity index is 2.20. The summed E-state index contributed by atoms with van der Waals surface area (Å²) in [5.41, 5.74) is 0. The van der Waals surface area contributed by atoms with Crippen LogP contribution in [0.25, 0.3) is 0 Å². The number of unbranched alkanes of at least 4 members (excludes halogenated alkanes) is 1. The Labute approximate surface area is 98.5 Å².